The number of thiophene rings is 1. The van der Waals surface area contributed by atoms with Crippen molar-refractivity contribution < 1.29 is 5.11 Å². The second-order valence-corrected chi connectivity index (χ2v) is 6.51. The van der Waals surface area contributed by atoms with Crippen LogP contribution in [0.4, 0.5) is 0 Å². The van der Waals surface area contributed by atoms with Gasteiger partial charge in [0.15, 0.2) is 0 Å². The maximum atomic E-state index is 10.6. The molecule has 90 valence electrons. The predicted octanol–water partition coefficient (Wildman–Crippen LogP) is 2.92. The van der Waals surface area contributed by atoms with Gasteiger partial charge in [-0.25, -0.2) is 0 Å². The largest absolute Gasteiger partial charge is 0.388 e. The van der Waals surface area contributed by atoms with E-state index >= 15 is 0 Å². The normalized spacial score (nSPS) is 21.2. The molecule has 1 heterocycles. The third kappa shape index (κ3) is 1.92. The van der Waals surface area contributed by atoms with Crippen molar-refractivity contribution in [2.75, 3.05) is 6.54 Å². The zero-order valence-electron chi connectivity index (χ0n) is 10.1. The fourth-order valence-electron chi connectivity index (χ4n) is 2.92. The molecule has 2 rings (SSSR count). The molecule has 1 aromatic heterocycles. The summed E-state index contributed by atoms with van der Waals surface area (Å²) in [6.45, 7) is 4.79. The fraction of sp³-hybridized carbons (Fsp3) is 0.692. The molecule has 2 nitrogen and oxygen atoms in total. The van der Waals surface area contributed by atoms with Crippen LogP contribution >= 0.6 is 11.3 Å². The third-order valence-electron chi connectivity index (χ3n) is 3.96. The average molecular weight is 239 g/mol. The van der Waals surface area contributed by atoms with Crippen molar-refractivity contribution in [1.82, 2.24) is 0 Å². The minimum atomic E-state index is -0.370. The van der Waals surface area contributed by atoms with Crippen LogP contribution in [0.1, 0.15) is 47.1 Å². The van der Waals surface area contributed by atoms with E-state index in [0.29, 0.717) is 6.54 Å². The molecular weight excluding hydrogens is 218 g/mol. The van der Waals surface area contributed by atoms with Gasteiger partial charge in [0.05, 0.1) is 6.10 Å². The molecule has 1 saturated carbocycles. The lowest BCUT2D eigenvalue weighted by Gasteiger charge is -2.33. The van der Waals surface area contributed by atoms with E-state index < -0.39 is 0 Å². The van der Waals surface area contributed by atoms with Crippen LogP contribution in [0.15, 0.2) is 6.07 Å². The first kappa shape index (κ1) is 12.1. The number of aryl methyl sites for hydroxylation is 2. The first-order chi connectivity index (χ1) is 7.59. The second-order valence-electron chi connectivity index (χ2n) is 5.04. The van der Waals surface area contributed by atoms with Crippen molar-refractivity contribution in [3.8, 4) is 0 Å². The van der Waals surface area contributed by atoms with E-state index in [0.717, 1.165) is 18.4 Å². The summed E-state index contributed by atoms with van der Waals surface area (Å²) in [6.07, 6.45) is 4.18. The number of hydrogen-bond acceptors (Lipinski definition) is 3. The van der Waals surface area contributed by atoms with Crippen LogP contribution in [0.25, 0.3) is 0 Å². The van der Waals surface area contributed by atoms with E-state index in [4.69, 9.17) is 5.73 Å². The third-order valence-corrected chi connectivity index (χ3v) is 4.94. The van der Waals surface area contributed by atoms with Gasteiger partial charge in [-0.3, -0.25) is 0 Å². The highest BCUT2D eigenvalue weighted by molar-refractivity contribution is 7.12. The number of hydrogen-bond donors (Lipinski definition) is 2. The van der Waals surface area contributed by atoms with Crippen molar-refractivity contribution in [2.45, 2.75) is 45.6 Å². The van der Waals surface area contributed by atoms with Crippen LogP contribution in [-0.4, -0.2) is 11.7 Å². The first-order valence-electron chi connectivity index (χ1n) is 6.04. The molecule has 0 spiro atoms. The molecule has 0 saturated heterocycles. The van der Waals surface area contributed by atoms with Crippen molar-refractivity contribution in [2.24, 2.45) is 11.1 Å². The summed E-state index contributed by atoms with van der Waals surface area (Å²) >= 11 is 1.76. The zero-order valence-corrected chi connectivity index (χ0v) is 10.9. The fourth-order valence-corrected chi connectivity index (χ4v) is 3.88. The summed E-state index contributed by atoms with van der Waals surface area (Å²) in [5, 5.41) is 10.6. The SMILES string of the molecule is Cc1cc(C(O)C2(CN)CCCC2)c(C)s1. The number of nitrogens with two attached hydrogens (primary N) is 1. The van der Waals surface area contributed by atoms with Gasteiger partial charge < -0.3 is 10.8 Å². The molecule has 0 radical (unpaired) electrons. The van der Waals surface area contributed by atoms with E-state index in [9.17, 15) is 5.11 Å². The minimum absolute atomic E-state index is 0.0573. The first-order valence-corrected chi connectivity index (χ1v) is 6.86. The van der Waals surface area contributed by atoms with Crippen LogP contribution in [0.3, 0.4) is 0 Å². The van der Waals surface area contributed by atoms with E-state index in [1.807, 2.05) is 0 Å². The van der Waals surface area contributed by atoms with Gasteiger partial charge in [-0.2, -0.15) is 0 Å². The van der Waals surface area contributed by atoms with Gasteiger partial charge in [0.2, 0.25) is 0 Å². The Hall–Kier alpha value is -0.380. The van der Waals surface area contributed by atoms with Crippen molar-refractivity contribution in [3.05, 3.63) is 21.4 Å². The molecule has 0 amide bonds. The van der Waals surface area contributed by atoms with Crippen LogP contribution in [0, 0.1) is 19.3 Å². The number of aliphatic hydroxyl groups is 1. The maximum absolute atomic E-state index is 10.6. The van der Waals surface area contributed by atoms with Crippen LogP contribution in [-0.2, 0) is 0 Å². The molecule has 1 aliphatic carbocycles. The Labute approximate surface area is 101 Å². The Morgan fingerprint density at radius 2 is 2.06 bits per heavy atom. The number of aliphatic hydroxyl groups excluding tert-OH is 1. The van der Waals surface area contributed by atoms with Gasteiger partial charge in [0.25, 0.3) is 0 Å². The van der Waals surface area contributed by atoms with E-state index in [-0.39, 0.29) is 11.5 Å². The Balaban J connectivity index is 2.29. The number of rotatable bonds is 3. The molecule has 16 heavy (non-hydrogen) atoms. The van der Waals surface area contributed by atoms with Gasteiger partial charge in [-0.1, -0.05) is 12.8 Å². The lowest BCUT2D eigenvalue weighted by atomic mass is 9.77. The Bertz CT molecular complexity index is 366. The Morgan fingerprint density at radius 3 is 2.50 bits per heavy atom. The Kier molecular flexibility index (Phi) is 3.38. The van der Waals surface area contributed by atoms with Gasteiger partial charge in [0, 0.05) is 21.7 Å². The van der Waals surface area contributed by atoms with Crippen LogP contribution < -0.4 is 5.73 Å². The van der Waals surface area contributed by atoms with Gasteiger partial charge in [0.1, 0.15) is 0 Å². The molecule has 0 bridgehead atoms. The quantitative estimate of drug-likeness (QED) is 0.852. The van der Waals surface area contributed by atoms with E-state index in [2.05, 4.69) is 19.9 Å². The molecule has 1 aliphatic rings. The minimum Gasteiger partial charge on any atom is -0.388 e. The van der Waals surface area contributed by atoms with Crippen LogP contribution in [0.2, 0.25) is 0 Å². The standard InChI is InChI=1S/C13H21NOS/c1-9-7-11(10(2)16-9)12(15)13(8-14)5-3-4-6-13/h7,12,15H,3-6,8,14H2,1-2H3. The zero-order chi connectivity index (χ0) is 11.8. The second kappa shape index (κ2) is 4.47. The van der Waals surface area contributed by atoms with Gasteiger partial charge in [-0.15, -0.1) is 11.3 Å². The van der Waals surface area contributed by atoms with Gasteiger partial charge >= 0.3 is 0 Å². The maximum Gasteiger partial charge on any atom is 0.0868 e. The lowest BCUT2D eigenvalue weighted by Crippen LogP contribution is -2.34. The smallest absolute Gasteiger partial charge is 0.0868 e. The summed E-state index contributed by atoms with van der Waals surface area (Å²) in [5.74, 6) is 0. The van der Waals surface area contributed by atoms with Gasteiger partial charge in [-0.05, 0) is 38.3 Å². The highest BCUT2D eigenvalue weighted by Gasteiger charge is 2.40. The van der Waals surface area contributed by atoms with E-state index in [1.165, 1.54) is 22.6 Å². The molecule has 3 heteroatoms. The van der Waals surface area contributed by atoms with Crippen molar-refractivity contribution in [1.29, 1.82) is 0 Å². The summed E-state index contributed by atoms with van der Waals surface area (Å²) in [7, 11) is 0. The molecule has 3 N–H and O–H groups in total. The highest BCUT2D eigenvalue weighted by Crippen LogP contribution is 2.48. The molecule has 1 atom stereocenters. The van der Waals surface area contributed by atoms with Crippen molar-refractivity contribution >= 4 is 11.3 Å². The average Bonchev–Trinajstić information content (AvgIpc) is 2.85. The highest BCUT2D eigenvalue weighted by atomic mass is 32.1. The van der Waals surface area contributed by atoms with Crippen LogP contribution in [0.5, 0.6) is 0 Å². The summed E-state index contributed by atoms with van der Waals surface area (Å²) < 4.78 is 0. The van der Waals surface area contributed by atoms with E-state index in [1.54, 1.807) is 11.3 Å². The predicted molar refractivity (Wildman–Crippen MR) is 68.7 cm³/mol. The topological polar surface area (TPSA) is 46.2 Å². The summed E-state index contributed by atoms with van der Waals surface area (Å²) in [5.41, 5.74) is 6.96. The summed E-state index contributed by atoms with van der Waals surface area (Å²) in [4.78, 5) is 2.52. The molecule has 1 aromatic rings. The monoisotopic (exact) mass is 239 g/mol. The molecule has 1 unspecified atom stereocenters. The summed E-state index contributed by atoms with van der Waals surface area (Å²) in [6, 6.07) is 2.13. The van der Waals surface area contributed by atoms with Crippen molar-refractivity contribution in [3.63, 3.8) is 0 Å². The Morgan fingerprint density at radius 1 is 1.44 bits per heavy atom. The lowest BCUT2D eigenvalue weighted by molar-refractivity contribution is 0.0332. The molecule has 1 fully saturated rings. The molecule has 0 aliphatic heterocycles. The molecule has 0 aromatic carbocycles. The molecular formula is C13H21NOS.